The van der Waals surface area contributed by atoms with Crippen molar-refractivity contribution in [2.75, 3.05) is 6.54 Å². The minimum Gasteiger partial charge on any atom is -0.389 e. The molecule has 1 aromatic heterocycles. The Kier molecular flexibility index (Phi) is 4.93. The van der Waals surface area contributed by atoms with E-state index in [1.165, 1.54) is 0 Å². The van der Waals surface area contributed by atoms with Crippen LogP contribution in [0.25, 0.3) is 0 Å². The molecule has 0 atom stereocenters. The molecule has 0 saturated heterocycles. The van der Waals surface area contributed by atoms with E-state index in [4.69, 9.17) is 5.73 Å². The van der Waals surface area contributed by atoms with E-state index < -0.39 is 6.09 Å². The summed E-state index contributed by atoms with van der Waals surface area (Å²) >= 11 is 0. The van der Waals surface area contributed by atoms with Crippen molar-refractivity contribution in [1.29, 1.82) is 0 Å². The molecular weight excluding hydrogens is 222 g/mol. The molecule has 1 aromatic rings. The third-order valence-corrected chi connectivity index (χ3v) is 2.04. The highest BCUT2D eigenvalue weighted by Crippen LogP contribution is 1.95. The predicted molar refractivity (Wildman–Crippen MR) is 59.9 cm³/mol. The summed E-state index contributed by atoms with van der Waals surface area (Å²) in [6, 6.07) is 3.30. The van der Waals surface area contributed by atoms with Gasteiger partial charge in [0.25, 0.3) is 12.6 Å². The maximum absolute atomic E-state index is 11.6. The zero-order valence-electron chi connectivity index (χ0n) is 9.68. The lowest BCUT2D eigenvalue weighted by Gasteiger charge is -2.02. The molecule has 17 heavy (non-hydrogen) atoms. The highest BCUT2D eigenvalue weighted by molar-refractivity contribution is 5.93. The van der Waals surface area contributed by atoms with Crippen molar-refractivity contribution in [2.45, 2.75) is 20.1 Å². The summed E-state index contributed by atoms with van der Waals surface area (Å²) in [5.74, 6) is -0.116. The summed E-state index contributed by atoms with van der Waals surface area (Å²) in [6.45, 7) is 2.67. The van der Waals surface area contributed by atoms with Crippen LogP contribution in [0.3, 0.4) is 0 Å². The lowest BCUT2D eigenvalue weighted by Crippen LogP contribution is -2.37. The van der Waals surface area contributed by atoms with Crippen molar-refractivity contribution in [2.24, 2.45) is 5.73 Å². The van der Waals surface area contributed by atoms with Crippen molar-refractivity contribution >= 4 is 12.0 Å². The third kappa shape index (κ3) is 4.50. The maximum atomic E-state index is 11.6. The molecule has 3 N–H and O–H groups in total. The molecule has 6 nitrogen and oxygen atoms in total. The van der Waals surface area contributed by atoms with Gasteiger partial charge in [0.05, 0.1) is 5.56 Å². The van der Waals surface area contributed by atoms with E-state index in [1.54, 1.807) is 29.1 Å². The van der Waals surface area contributed by atoms with Crippen molar-refractivity contribution in [1.82, 2.24) is 5.32 Å². The molecule has 0 bridgehead atoms. The quantitative estimate of drug-likeness (QED) is 0.717. The number of primary amides is 1. The van der Waals surface area contributed by atoms with Crippen molar-refractivity contribution in [3.63, 3.8) is 0 Å². The summed E-state index contributed by atoms with van der Waals surface area (Å²) in [7, 11) is 0. The summed E-state index contributed by atoms with van der Waals surface area (Å²) < 4.78 is 6.19. The fourth-order valence-electron chi connectivity index (χ4n) is 1.17. The Morgan fingerprint density at radius 1 is 1.41 bits per heavy atom. The standard InChI is InChI=1S/C11H15N3O3/c1-2-5-13-10(15)9-3-6-14(7-4-9)8-17-11(12)16/h3-4,6-7H,2,5,8H2,1H3,(H2-,12,13,15,16)/p+1. The van der Waals surface area contributed by atoms with Gasteiger partial charge in [-0.2, -0.15) is 4.57 Å². The van der Waals surface area contributed by atoms with Gasteiger partial charge in [-0.25, -0.2) is 4.79 Å². The fourth-order valence-corrected chi connectivity index (χ4v) is 1.17. The molecular formula is C11H16N3O3+. The van der Waals surface area contributed by atoms with Crippen LogP contribution in [0.2, 0.25) is 0 Å². The van der Waals surface area contributed by atoms with Gasteiger partial charge in [-0.05, 0) is 6.42 Å². The molecule has 6 heteroatoms. The number of carbonyl (C=O) groups is 2. The third-order valence-electron chi connectivity index (χ3n) is 2.04. The summed E-state index contributed by atoms with van der Waals surface area (Å²) in [4.78, 5) is 21.9. The van der Waals surface area contributed by atoms with E-state index in [0.29, 0.717) is 12.1 Å². The molecule has 0 spiro atoms. The number of aromatic nitrogens is 1. The summed E-state index contributed by atoms with van der Waals surface area (Å²) in [5, 5.41) is 2.76. The molecule has 0 aliphatic heterocycles. The second-order valence-electron chi connectivity index (χ2n) is 3.45. The van der Waals surface area contributed by atoms with Gasteiger partial charge < -0.3 is 15.8 Å². The zero-order chi connectivity index (χ0) is 12.7. The van der Waals surface area contributed by atoms with Crippen LogP contribution in [0.5, 0.6) is 0 Å². The number of hydrogen-bond acceptors (Lipinski definition) is 3. The highest BCUT2D eigenvalue weighted by atomic mass is 16.6. The number of nitrogens with two attached hydrogens (primary N) is 1. The average molecular weight is 238 g/mol. The van der Waals surface area contributed by atoms with Gasteiger partial charge in [0.1, 0.15) is 0 Å². The topological polar surface area (TPSA) is 85.3 Å². The van der Waals surface area contributed by atoms with E-state index in [-0.39, 0.29) is 12.6 Å². The molecule has 0 unspecified atom stereocenters. The van der Waals surface area contributed by atoms with E-state index in [2.05, 4.69) is 10.1 Å². The second kappa shape index (κ2) is 6.47. The van der Waals surface area contributed by atoms with Gasteiger partial charge >= 0.3 is 6.09 Å². The number of nitrogens with zero attached hydrogens (tertiary/aromatic N) is 1. The molecule has 0 radical (unpaired) electrons. The van der Waals surface area contributed by atoms with Crippen molar-refractivity contribution in [3.8, 4) is 0 Å². The van der Waals surface area contributed by atoms with Crippen LogP contribution in [-0.2, 0) is 11.5 Å². The highest BCUT2D eigenvalue weighted by Gasteiger charge is 2.08. The van der Waals surface area contributed by atoms with Gasteiger partial charge in [0.15, 0.2) is 12.4 Å². The van der Waals surface area contributed by atoms with Gasteiger partial charge in [-0.15, -0.1) is 0 Å². The Balaban J connectivity index is 2.55. The number of amides is 2. The normalized spacial score (nSPS) is 9.71. The van der Waals surface area contributed by atoms with Crippen LogP contribution in [0.4, 0.5) is 4.79 Å². The van der Waals surface area contributed by atoms with Gasteiger partial charge in [0, 0.05) is 18.7 Å². The largest absolute Gasteiger partial charge is 0.409 e. The Morgan fingerprint density at radius 2 is 2.06 bits per heavy atom. The van der Waals surface area contributed by atoms with Gasteiger partial charge in [0.2, 0.25) is 0 Å². The minimum absolute atomic E-state index is 0.0339. The van der Waals surface area contributed by atoms with E-state index in [0.717, 1.165) is 6.42 Å². The molecule has 92 valence electrons. The zero-order valence-corrected chi connectivity index (χ0v) is 9.68. The molecule has 0 fully saturated rings. The number of rotatable bonds is 5. The molecule has 0 aliphatic rings. The first-order chi connectivity index (χ1) is 8.13. The number of nitrogens with one attached hydrogen (secondary N) is 1. The van der Waals surface area contributed by atoms with Crippen molar-refractivity contribution < 1.29 is 18.9 Å². The lowest BCUT2D eigenvalue weighted by atomic mass is 10.2. The molecule has 0 aromatic carbocycles. The average Bonchev–Trinajstić information content (AvgIpc) is 2.34. The van der Waals surface area contributed by atoms with Crippen LogP contribution in [0, 0.1) is 0 Å². The van der Waals surface area contributed by atoms with Crippen molar-refractivity contribution in [3.05, 3.63) is 30.1 Å². The van der Waals surface area contributed by atoms with Crippen LogP contribution < -0.4 is 15.6 Å². The summed E-state index contributed by atoms with van der Waals surface area (Å²) in [5.41, 5.74) is 5.40. The Hall–Kier alpha value is -2.11. The number of ether oxygens (including phenoxy) is 1. The monoisotopic (exact) mass is 238 g/mol. The second-order valence-corrected chi connectivity index (χ2v) is 3.45. The fraction of sp³-hybridized carbons (Fsp3) is 0.364. The van der Waals surface area contributed by atoms with Gasteiger partial charge in [-0.1, -0.05) is 6.92 Å². The maximum Gasteiger partial charge on any atom is 0.409 e. The summed E-state index contributed by atoms with van der Waals surface area (Å²) in [6.07, 6.45) is 3.35. The number of hydrogen-bond donors (Lipinski definition) is 2. The molecule has 1 rings (SSSR count). The van der Waals surface area contributed by atoms with Crippen LogP contribution in [0.15, 0.2) is 24.5 Å². The smallest absolute Gasteiger partial charge is 0.389 e. The Labute approximate surface area is 99.4 Å². The number of pyridine rings is 1. The molecule has 1 heterocycles. The van der Waals surface area contributed by atoms with Gasteiger partial charge in [-0.3, -0.25) is 4.79 Å². The van der Waals surface area contributed by atoms with Crippen LogP contribution in [0.1, 0.15) is 23.7 Å². The first-order valence-corrected chi connectivity index (χ1v) is 5.33. The first kappa shape index (κ1) is 13.0. The minimum atomic E-state index is -0.831. The predicted octanol–water partition coefficient (Wildman–Crippen LogP) is 0.167. The molecule has 0 saturated carbocycles. The lowest BCUT2D eigenvalue weighted by molar-refractivity contribution is -0.727. The Bertz CT molecular complexity index is 389. The van der Waals surface area contributed by atoms with E-state index >= 15 is 0 Å². The Morgan fingerprint density at radius 3 is 2.59 bits per heavy atom. The van der Waals surface area contributed by atoms with E-state index in [1.807, 2.05) is 6.92 Å². The number of carbonyl (C=O) groups excluding carboxylic acids is 2. The first-order valence-electron chi connectivity index (χ1n) is 5.33. The van der Waals surface area contributed by atoms with Crippen LogP contribution in [-0.4, -0.2) is 18.5 Å². The van der Waals surface area contributed by atoms with Crippen LogP contribution >= 0.6 is 0 Å². The SMILES string of the molecule is CCCNC(=O)c1cc[n+](COC(N)=O)cc1. The van der Waals surface area contributed by atoms with E-state index in [9.17, 15) is 9.59 Å². The molecule has 2 amide bonds. The molecule has 0 aliphatic carbocycles.